The molecule has 0 radical (unpaired) electrons. The number of nitrogens with zero attached hydrogens (tertiary/aromatic N) is 4. The first kappa shape index (κ1) is 12.7. The summed E-state index contributed by atoms with van der Waals surface area (Å²) in [5.41, 5.74) is 7.31. The zero-order valence-corrected chi connectivity index (χ0v) is 11.0. The lowest BCUT2D eigenvalue weighted by atomic mass is 10.2. The molecule has 3 aromatic rings. The van der Waals surface area contributed by atoms with Crippen molar-refractivity contribution in [1.29, 1.82) is 5.26 Å². The van der Waals surface area contributed by atoms with Crippen LogP contribution in [0.4, 0.5) is 5.69 Å². The minimum absolute atomic E-state index is 0.201. The molecule has 0 bridgehead atoms. The zero-order chi connectivity index (χ0) is 14.7. The molecule has 3 rings (SSSR count). The highest BCUT2D eigenvalue weighted by Crippen LogP contribution is 2.22. The van der Waals surface area contributed by atoms with Crippen LogP contribution in [-0.4, -0.2) is 14.8 Å². The number of nitrogen functional groups attached to an aromatic ring is 1. The molecule has 1 aromatic heterocycles. The van der Waals surface area contributed by atoms with Gasteiger partial charge in [-0.3, -0.25) is 0 Å². The van der Waals surface area contributed by atoms with Gasteiger partial charge in [0.25, 0.3) is 0 Å². The fourth-order valence-electron chi connectivity index (χ4n) is 1.80. The molecule has 0 aliphatic rings. The Morgan fingerprint density at radius 2 is 1.95 bits per heavy atom. The largest absolute Gasteiger partial charge is 0.423 e. The van der Waals surface area contributed by atoms with Gasteiger partial charge in [-0.15, -0.1) is 5.10 Å². The van der Waals surface area contributed by atoms with Gasteiger partial charge >= 0.3 is 6.01 Å². The lowest BCUT2D eigenvalue weighted by molar-refractivity contribution is 0.441. The molecule has 6 nitrogen and oxygen atoms in total. The van der Waals surface area contributed by atoms with Crippen LogP contribution in [0, 0.1) is 11.3 Å². The zero-order valence-electron chi connectivity index (χ0n) is 11.0. The highest BCUT2D eigenvalue weighted by molar-refractivity contribution is 5.56. The molecule has 0 saturated heterocycles. The second-order valence-corrected chi connectivity index (χ2v) is 4.27. The molecular formula is C15H11N5O. The maximum absolute atomic E-state index is 8.94. The van der Waals surface area contributed by atoms with Crippen LogP contribution in [0.3, 0.4) is 0 Å². The van der Waals surface area contributed by atoms with Gasteiger partial charge in [0.1, 0.15) is 18.1 Å². The highest BCUT2D eigenvalue weighted by atomic mass is 16.5. The third kappa shape index (κ3) is 2.67. The van der Waals surface area contributed by atoms with Crippen LogP contribution in [0.15, 0.2) is 54.9 Å². The second-order valence-electron chi connectivity index (χ2n) is 4.27. The summed E-state index contributed by atoms with van der Waals surface area (Å²) in [6, 6.07) is 16.6. The maximum Gasteiger partial charge on any atom is 0.341 e. The Hall–Kier alpha value is -3.33. The van der Waals surface area contributed by atoms with Gasteiger partial charge in [0, 0.05) is 11.8 Å². The van der Waals surface area contributed by atoms with Gasteiger partial charge in [-0.25, -0.2) is 4.68 Å². The normalized spacial score (nSPS) is 10.0. The summed E-state index contributed by atoms with van der Waals surface area (Å²) in [7, 11) is 0. The van der Waals surface area contributed by atoms with E-state index in [-0.39, 0.29) is 6.01 Å². The average Bonchev–Trinajstić information content (AvgIpc) is 2.98. The van der Waals surface area contributed by atoms with Crippen LogP contribution in [0.2, 0.25) is 0 Å². The maximum atomic E-state index is 8.94. The van der Waals surface area contributed by atoms with E-state index in [1.807, 2.05) is 36.4 Å². The molecule has 102 valence electrons. The molecule has 0 unspecified atom stereocenters. The molecule has 0 saturated carbocycles. The van der Waals surface area contributed by atoms with Gasteiger partial charge < -0.3 is 10.5 Å². The smallest absolute Gasteiger partial charge is 0.341 e. The first-order chi connectivity index (χ1) is 10.3. The van der Waals surface area contributed by atoms with Gasteiger partial charge in [0.15, 0.2) is 0 Å². The standard InChI is InChI=1S/C15H11N5O/c16-9-11-8-13(6-7-14(11)17)21-15-18-10-20(19-15)12-4-2-1-3-5-12/h1-8,10H,17H2. The van der Waals surface area contributed by atoms with Crippen LogP contribution in [-0.2, 0) is 0 Å². The summed E-state index contributed by atoms with van der Waals surface area (Å²) in [5.74, 6) is 0.464. The molecule has 1 heterocycles. The Kier molecular flexibility index (Phi) is 3.23. The Balaban J connectivity index is 1.84. The molecular weight excluding hydrogens is 266 g/mol. The fourth-order valence-corrected chi connectivity index (χ4v) is 1.80. The van der Waals surface area contributed by atoms with Gasteiger partial charge in [-0.2, -0.15) is 10.2 Å². The number of rotatable bonds is 3. The third-order valence-electron chi connectivity index (χ3n) is 2.85. The van der Waals surface area contributed by atoms with E-state index in [1.54, 1.807) is 29.2 Å². The van der Waals surface area contributed by atoms with Crippen LogP contribution in [0.25, 0.3) is 5.69 Å². The number of ether oxygens (including phenoxy) is 1. The van der Waals surface area contributed by atoms with Crippen LogP contribution < -0.4 is 10.5 Å². The second kappa shape index (κ2) is 5.35. The first-order valence-electron chi connectivity index (χ1n) is 6.21. The number of nitrogens with two attached hydrogens (primary N) is 1. The highest BCUT2D eigenvalue weighted by Gasteiger charge is 2.07. The molecule has 0 aliphatic carbocycles. The predicted molar refractivity (Wildman–Crippen MR) is 77.0 cm³/mol. The number of anilines is 1. The summed E-state index contributed by atoms with van der Waals surface area (Å²) >= 11 is 0. The van der Waals surface area contributed by atoms with E-state index in [0.717, 1.165) is 5.69 Å². The summed E-state index contributed by atoms with van der Waals surface area (Å²) in [6.07, 6.45) is 1.56. The van der Waals surface area contributed by atoms with Crippen molar-refractivity contribution in [3.8, 4) is 23.5 Å². The summed E-state index contributed by atoms with van der Waals surface area (Å²) in [4.78, 5) is 4.08. The van der Waals surface area contributed by atoms with E-state index >= 15 is 0 Å². The van der Waals surface area contributed by atoms with Gasteiger partial charge in [-0.1, -0.05) is 18.2 Å². The number of hydrogen-bond donors (Lipinski definition) is 1. The van der Waals surface area contributed by atoms with E-state index in [2.05, 4.69) is 10.1 Å². The molecule has 0 fully saturated rings. The molecule has 0 spiro atoms. The lowest BCUT2D eigenvalue weighted by Gasteiger charge is -2.03. The predicted octanol–water partition coefficient (Wildman–Crippen LogP) is 2.51. The SMILES string of the molecule is N#Cc1cc(Oc2ncn(-c3ccccc3)n2)ccc1N. The Bertz CT molecular complexity index is 804. The topological polar surface area (TPSA) is 89.8 Å². The Morgan fingerprint density at radius 1 is 1.14 bits per heavy atom. The van der Waals surface area contributed by atoms with Crippen LogP contribution in [0.1, 0.15) is 5.56 Å². The van der Waals surface area contributed by atoms with Crippen molar-refractivity contribution in [2.24, 2.45) is 0 Å². The van der Waals surface area contributed by atoms with Gasteiger partial charge in [0.2, 0.25) is 0 Å². The van der Waals surface area contributed by atoms with Gasteiger partial charge in [-0.05, 0) is 24.3 Å². The monoisotopic (exact) mass is 277 g/mol. The molecule has 2 aromatic carbocycles. The number of para-hydroxylation sites is 1. The van der Waals surface area contributed by atoms with Gasteiger partial charge in [0.05, 0.1) is 11.3 Å². The van der Waals surface area contributed by atoms with E-state index in [0.29, 0.717) is 17.0 Å². The van der Waals surface area contributed by atoms with Crippen molar-refractivity contribution in [3.63, 3.8) is 0 Å². The molecule has 21 heavy (non-hydrogen) atoms. The Morgan fingerprint density at radius 3 is 2.71 bits per heavy atom. The van der Waals surface area contributed by atoms with E-state index < -0.39 is 0 Å². The minimum Gasteiger partial charge on any atom is -0.423 e. The molecule has 2 N–H and O–H groups in total. The number of aromatic nitrogens is 3. The average molecular weight is 277 g/mol. The van der Waals surface area contributed by atoms with Crippen molar-refractivity contribution < 1.29 is 4.74 Å². The summed E-state index contributed by atoms with van der Waals surface area (Å²) in [6.45, 7) is 0. The van der Waals surface area contributed by atoms with Crippen molar-refractivity contribution in [3.05, 3.63) is 60.4 Å². The Labute approximate surface area is 121 Å². The van der Waals surface area contributed by atoms with Crippen molar-refractivity contribution >= 4 is 5.69 Å². The molecule has 0 atom stereocenters. The van der Waals surface area contributed by atoms with E-state index in [1.165, 1.54) is 0 Å². The number of nitriles is 1. The molecule has 6 heteroatoms. The van der Waals surface area contributed by atoms with E-state index in [4.69, 9.17) is 15.7 Å². The first-order valence-corrected chi connectivity index (χ1v) is 6.21. The van der Waals surface area contributed by atoms with Crippen molar-refractivity contribution in [2.75, 3.05) is 5.73 Å². The summed E-state index contributed by atoms with van der Waals surface area (Å²) in [5, 5.41) is 13.2. The summed E-state index contributed by atoms with van der Waals surface area (Å²) < 4.78 is 7.14. The van der Waals surface area contributed by atoms with Crippen LogP contribution in [0.5, 0.6) is 11.8 Å². The fraction of sp³-hybridized carbons (Fsp3) is 0. The quantitative estimate of drug-likeness (QED) is 0.743. The number of hydrogen-bond acceptors (Lipinski definition) is 5. The molecule has 0 amide bonds. The van der Waals surface area contributed by atoms with Crippen molar-refractivity contribution in [1.82, 2.24) is 14.8 Å². The third-order valence-corrected chi connectivity index (χ3v) is 2.85. The minimum atomic E-state index is 0.201. The molecule has 0 aliphatic heterocycles. The number of benzene rings is 2. The van der Waals surface area contributed by atoms with Crippen molar-refractivity contribution in [2.45, 2.75) is 0 Å². The lowest BCUT2D eigenvalue weighted by Crippen LogP contribution is -1.95. The van der Waals surface area contributed by atoms with Crippen LogP contribution >= 0.6 is 0 Å². The van der Waals surface area contributed by atoms with E-state index in [9.17, 15) is 0 Å².